The summed E-state index contributed by atoms with van der Waals surface area (Å²) in [5.41, 5.74) is 3.79. The van der Waals surface area contributed by atoms with Gasteiger partial charge in [0.2, 0.25) is 0 Å². The van der Waals surface area contributed by atoms with E-state index >= 15 is 0 Å². The Morgan fingerprint density at radius 1 is 0.917 bits per heavy atom. The molecule has 0 saturated heterocycles. The minimum Gasteiger partial charge on any atom is -0.224 e. The molecule has 0 aliphatic heterocycles. The summed E-state index contributed by atoms with van der Waals surface area (Å²) in [6, 6.07) is 13.8. The molecule has 0 aromatic heterocycles. The third-order valence-corrected chi connectivity index (χ3v) is 5.63. The van der Waals surface area contributed by atoms with Crippen molar-refractivity contribution in [3.8, 4) is 0 Å². The molecule has 0 bridgehead atoms. The highest BCUT2D eigenvalue weighted by Gasteiger charge is 2.32. The molecule has 0 heterocycles. The first-order chi connectivity index (χ1) is 11.2. The summed E-state index contributed by atoms with van der Waals surface area (Å²) < 4.78 is 37.6. The van der Waals surface area contributed by atoms with Gasteiger partial charge in [0.05, 0.1) is 4.90 Å². The topological polar surface area (TPSA) is 34.1 Å². The standard InChI is InChI=1S/C20H21FO2S/c1-20(2)12-17(14-8-10-15(11-9-14)24(3,22)23)18(13-20)16-6-4-5-7-19(16)21/h4-11H,12-13H2,1-3H3. The highest BCUT2D eigenvalue weighted by Crippen LogP contribution is 2.50. The van der Waals surface area contributed by atoms with Crippen molar-refractivity contribution >= 4 is 21.0 Å². The molecule has 0 spiro atoms. The molecule has 0 atom stereocenters. The molecular formula is C20H21FO2S. The Morgan fingerprint density at radius 3 is 2.08 bits per heavy atom. The Morgan fingerprint density at radius 2 is 1.50 bits per heavy atom. The highest BCUT2D eigenvalue weighted by molar-refractivity contribution is 7.90. The lowest BCUT2D eigenvalue weighted by molar-refractivity contribution is 0.406. The van der Waals surface area contributed by atoms with Crippen molar-refractivity contribution in [1.82, 2.24) is 0 Å². The molecule has 2 nitrogen and oxygen atoms in total. The van der Waals surface area contributed by atoms with Crippen LogP contribution in [0.4, 0.5) is 4.39 Å². The molecule has 126 valence electrons. The average Bonchev–Trinajstić information content (AvgIpc) is 2.83. The minimum absolute atomic E-state index is 0.0580. The number of sulfone groups is 1. The first kappa shape index (κ1) is 16.9. The fraction of sp³-hybridized carbons (Fsp3) is 0.300. The van der Waals surface area contributed by atoms with E-state index in [9.17, 15) is 12.8 Å². The van der Waals surface area contributed by atoms with Gasteiger partial charge in [-0.25, -0.2) is 12.8 Å². The normalized spacial score (nSPS) is 17.3. The van der Waals surface area contributed by atoms with Crippen LogP contribution in [0.1, 0.15) is 37.8 Å². The Kier molecular flexibility index (Phi) is 4.12. The zero-order chi connectivity index (χ0) is 17.5. The number of benzene rings is 2. The Hall–Kier alpha value is -1.94. The summed E-state index contributed by atoms with van der Waals surface area (Å²) >= 11 is 0. The SMILES string of the molecule is CC1(C)CC(c2ccc(S(C)(=O)=O)cc2)=C(c2ccccc2F)C1. The fourth-order valence-corrected chi connectivity index (χ4v) is 4.01. The van der Waals surface area contributed by atoms with E-state index in [-0.39, 0.29) is 11.2 Å². The summed E-state index contributed by atoms with van der Waals surface area (Å²) in [5, 5.41) is 0. The van der Waals surface area contributed by atoms with Gasteiger partial charge < -0.3 is 0 Å². The number of rotatable bonds is 3. The van der Waals surface area contributed by atoms with Gasteiger partial charge in [-0.05, 0) is 53.2 Å². The van der Waals surface area contributed by atoms with Crippen LogP contribution in [-0.2, 0) is 9.84 Å². The largest absolute Gasteiger partial charge is 0.224 e. The molecule has 2 aromatic rings. The molecule has 0 radical (unpaired) electrons. The first-order valence-electron chi connectivity index (χ1n) is 7.95. The van der Waals surface area contributed by atoms with Crippen molar-refractivity contribution in [3.63, 3.8) is 0 Å². The quantitative estimate of drug-likeness (QED) is 0.788. The lowest BCUT2D eigenvalue weighted by Gasteiger charge is -2.17. The van der Waals surface area contributed by atoms with Gasteiger partial charge >= 0.3 is 0 Å². The monoisotopic (exact) mass is 344 g/mol. The summed E-state index contributed by atoms with van der Waals surface area (Å²) in [5.74, 6) is -0.213. The Labute approximate surface area is 143 Å². The van der Waals surface area contributed by atoms with E-state index in [2.05, 4.69) is 13.8 Å². The van der Waals surface area contributed by atoms with E-state index in [1.54, 1.807) is 18.2 Å². The van der Waals surface area contributed by atoms with Gasteiger partial charge in [-0.1, -0.05) is 44.2 Å². The van der Waals surface area contributed by atoms with Crippen molar-refractivity contribution in [3.05, 3.63) is 65.5 Å². The van der Waals surface area contributed by atoms with Gasteiger partial charge in [-0.2, -0.15) is 0 Å². The fourth-order valence-electron chi connectivity index (χ4n) is 3.38. The summed E-state index contributed by atoms with van der Waals surface area (Å²) in [6.45, 7) is 4.34. The molecule has 1 aliphatic rings. The van der Waals surface area contributed by atoms with Gasteiger partial charge in [-0.15, -0.1) is 0 Å². The number of halogens is 1. The maximum absolute atomic E-state index is 14.3. The number of hydrogen-bond acceptors (Lipinski definition) is 2. The predicted molar refractivity (Wildman–Crippen MR) is 95.8 cm³/mol. The van der Waals surface area contributed by atoms with Crippen molar-refractivity contribution in [2.24, 2.45) is 5.41 Å². The minimum atomic E-state index is -3.21. The van der Waals surface area contributed by atoms with Crippen molar-refractivity contribution in [2.75, 3.05) is 6.26 Å². The zero-order valence-corrected chi connectivity index (χ0v) is 15.0. The van der Waals surface area contributed by atoms with Gasteiger partial charge in [0.15, 0.2) is 9.84 Å². The molecule has 0 saturated carbocycles. The van der Waals surface area contributed by atoms with Gasteiger partial charge in [0.25, 0.3) is 0 Å². The van der Waals surface area contributed by atoms with Crippen LogP contribution < -0.4 is 0 Å². The molecule has 0 unspecified atom stereocenters. The molecule has 3 rings (SSSR count). The lowest BCUT2D eigenvalue weighted by atomic mass is 9.87. The maximum atomic E-state index is 14.3. The smallest absolute Gasteiger partial charge is 0.175 e. The van der Waals surface area contributed by atoms with Crippen LogP contribution in [0.2, 0.25) is 0 Å². The van der Waals surface area contributed by atoms with Crippen molar-refractivity contribution < 1.29 is 12.8 Å². The molecule has 4 heteroatoms. The second kappa shape index (κ2) is 5.85. The summed E-state index contributed by atoms with van der Waals surface area (Å²) in [4.78, 5) is 0.302. The summed E-state index contributed by atoms with van der Waals surface area (Å²) in [6.07, 6.45) is 2.84. The van der Waals surface area contributed by atoms with Crippen LogP contribution in [0.3, 0.4) is 0 Å². The molecular weight excluding hydrogens is 323 g/mol. The van der Waals surface area contributed by atoms with E-state index < -0.39 is 9.84 Å². The van der Waals surface area contributed by atoms with E-state index in [4.69, 9.17) is 0 Å². The first-order valence-corrected chi connectivity index (χ1v) is 9.84. The number of allylic oxidation sites excluding steroid dienone is 2. The van der Waals surface area contributed by atoms with Crippen LogP contribution in [-0.4, -0.2) is 14.7 Å². The maximum Gasteiger partial charge on any atom is 0.175 e. The van der Waals surface area contributed by atoms with Gasteiger partial charge in [0, 0.05) is 11.8 Å². The van der Waals surface area contributed by atoms with E-state index in [1.807, 2.05) is 24.3 Å². The average molecular weight is 344 g/mol. The van der Waals surface area contributed by atoms with Crippen LogP contribution in [0.25, 0.3) is 11.1 Å². The molecule has 0 N–H and O–H groups in total. The second-order valence-electron chi connectivity index (χ2n) is 7.25. The van der Waals surface area contributed by atoms with E-state index in [0.717, 1.165) is 29.6 Å². The van der Waals surface area contributed by atoms with E-state index in [1.165, 1.54) is 12.3 Å². The Bertz CT molecular complexity index is 907. The van der Waals surface area contributed by atoms with Crippen LogP contribution in [0, 0.1) is 11.2 Å². The van der Waals surface area contributed by atoms with Crippen LogP contribution in [0.5, 0.6) is 0 Å². The van der Waals surface area contributed by atoms with Gasteiger partial charge in [0.1, 0.15) is 5.82 Å². The molecule has 0 fully saturated rings. The molecule has 0 amide bonds. The highest BCUT2D eigenvalue weighted by atomic mass is 32.2. The molecule has 2 aromatic carbocycles. The third kappa shape index (κ3) is 3.29. The zero-order valence-electron chi connectivity index (χ0n) is 14.1. The van der Waals surface area contributed by atoms with E-state index in [0.29, 0.717) is 10.5 Å². The number of hydrogen-bond donors (Lipinski definition) is 0. The summed E-state index contributed by atoms with van der Waals surface area (Å²) in [7, 11) is -3.21. The van der Waals surface area contributed by atoms with Crippen LogP contribution in [0.15, 0.2) is 53.4 Å². The van der Waals surface area contributed by atoms with Crippen molar-refractivity contribution in [1.29, 1.82) is 0 Å². The third-order valence-electron chi connectivity index (χ3n) is 4.50. The predicted octanol–water partition coefficient (Wildman–Crippen LogP) is 4.96. The molecule has 24 heavy (non-hydrogen) atoms. The lowest BCUT2D eigenvalue weighted by Crippen LogP contribution is -2.05. The van der Waals surface area contributed by atoms with Crippen LogP contribution >= 0.6 is 0 Å². The van der Waals surface area contributed by atoms with Crippen molar-refractivity contribution in [2.45, 2.75) is 31.6 Å². The van der Waals surface area contributed by atoms with Gasteiger partial charge in [-0.3, -0.25) is 0 Å². The molecule has 1 aliphatic carbocycles. The Balaban J connectivity index is 2.11. The second-order valence-corrected chi connectivity index (χ2v) is 9.27.